The van der Waals surface area contributed by atoms with Gasteiger partial charge in [0, 0.05) is 22.3 Å². The van der Waals surface area contributed by atoms with E-state index in [1.807, 2.05) is 13.0 Å². The van der Waals surface area contributed by atoms with Crippen molar-refractivity contribution in [3.8, 4) is 17.6 Å². The molecule has 1 amide bonds. The molecule has 3 aromatic rings. The van der Waals surface area contributed by atoms with Crippen LogP contribution in [-0.4, -0.2) is 17.4 Å². The lowest BCUT2D eigenvalue weighted by Crippen LogP contribution is -2.13. The number of nitrogens with one attached hydrogen (secondary N) is 1. The summed E-state index contributed by atoms with van der Waals surface area (Å²) in [6.45, 7) is 2.40. The van der Waals surface area contributed by atoms with E-state index in [2.05, 4.69) is 21.2 Å². The first kappa shape index (κ1) is 24.5. The summed E-state index contributed by atoms with van der Waals surface area (Å²) in [6, 6.07) is 20.1. The molecular weight excluding hydrogens is 502 g/mol. The van der Waals surface area contributed by atoms with E-state index < -0.39 is 10.8 Å². The van der Waals surface area contributed by atoms with Gasteiger partial charge in [-0.25, -0.2) is 0 Å². The largest absolute Gasteiger partial charge is 0.490 e. The molecule has 3 rings (SSSR count). The van der Waals surface area contributed by atoms with E-state index in [4.69, 9.17) is 9.47 Å². The maximum absolute atomic E-state index is 12.5. The van der Waals surface area contributed by atoms with Gasteiger partial charge in [-0.1, -0.05) is 22.0 Å². The molecule has 3 aromatic carbocycles. The fraction of sp³-hybridized carbons (Fsp3) is 0.120. The van der Waals surface area contributed by atoms with Crippen LogP contribution in [0, 0.1) is 21.4 Å². The zero-order valence-electron chi connectivity index (χ0n) is 18.2. The summed E-state index contributed by atoms with van der Waals surface area (Å²) in [6.07, 6.45) is 1.47. The molecule has 172 valence electrons. The van der Waals surface area contributed by atoms with Gasteiger partial charge >= 0.3 is 0 Å². The number of ether oxygens (including phenoxy) is 2. The van der Waals surface area contributed by atoms with Crippen LogP contribution in [0.4, 0.5) is 11.4 Å². The Balaban J connectivity index is 1.75. The summed E-state index contributed by atoms with van der Waals surface area (Å²) >= 11 is 3.33. The zero-order chi connectivity index (χ0) is 24.5. The number of rotatable bonds is 9. The van der Waals surface area contributed by atoms with Gasteiger partial charge in [0.2, 0.25) is 0 Å². The Bertz CT molecular complexity index is 1250. The van der Waals surface area contributed by atoms with Gasteiger partial charge in [-0.3, -0.25) is 14.9 Å². The highest BCUT2D eigenvalue weighted by atomic mass is 79.9. The van der Waals surface area contributed by atoms with Crippen molar-refractivity contribution in [2.75, 3.05) is 11.9 Å². The number of hydrogen-bond donors (Lipinski definition) is 1. The number of halogens is 1. The van der Waals surface area contributed by atoms with Crippen LogP contribution in [0.15, 0.2) is 76.8 Å². The van der Waals surface area contributed by atoms with E-state index in [1.54, 1.807) is 54.6 Å². The van der Waals surface area contributed by atoms with Gasteiger partial charge in [0.15, 0.2) is 11.5 Å². The molecule has 0 aliphatic carbocycles. The van der Waals surface area contributed by atoms with E-state index in [9.17, 15) is 20.2 Å². The Kier molecular flexibility index (Phi) is 8.37. The lowest BCUT2D eigenvalue weighted by Gasteiger charge is -2.13. The van der Waals surface area contributed by atoms with Crippen LogP contribution in [0.1, 0.15) is 18.1 Å². The van der Waals surface area contributed by atoms with Crippen LogP contribution in [0.2, 0.25) is 0 Å². The van der Waals surface area contributed by atoms with Gasteiger partial charge in [-0.15, -0.1) is 0 Å². The number of benzene rings is 3. The first-order valence-corrected chi connectivity index (χ1v) is 11.0. The molecular formula is C25H20BrN3O5. The molecule has 0 unspecified atom stereocenters. The number of carbonyl (C=O) groups is 1. The third kappa shape index (κ3) is 6.67. The molecule has 0 saturated heterocycles. The van der Waals surface area contributed by atoms with Crippen molar-refractivity contribution < 1.29 is 19.2 Å². The number of nitriles is 1. The van der Waals surface area contributed by atoms with Gasteiger partial charge in [0.25, 0.3) is 11.6 Å². The molecule has 0 radical (unpaired) electrons. The van der Waals surface area contributed by atoms with Crippen molar-refractivity contribution >= 4 is 39.3 Å². The molecule has 0 bridgehead atoms. The summed E-state index contributed by atoms with van der Waals surface area (Å²) in [4.78, 5) is 22.9. The number of amides is 1. The second-order valence-electron chi connectivity index (χ2n) is 6.98. The van der Waals surface area contributed by atoms with Gasteiger partial charge in [-0.05, 0) is 72.7 Å². The topological polar surface area (TPSA) is 114 Å². The smallest absolute Gasteiger partial charge is 0.269 e. The molecule has 0 atom stereocenters. The zero-order valence-corrected chi connectivity index (χ0v) is 19.7. The fourth-order valence-electron chi connectivity index (χ4n) is 2.92. The maximum Gasteiger partial charge on any atom is 0.269 e. The van der Waals surface area contributed by atoms with Crippen LogP contribution in [-0.2, 0) is 11.4 Å². The van der Waals surface area contributed by atoms with Crippen LogP contribution in [0.3, 0.4) is 0 Å². The molecule has 0 heterocycles. The highest BCUT2D eigenvalue weighted by Crippen LogP contribution is 2.30. The van der Waals surface area contributed by atoms with Gasteiger partial charge < -0.3 is 14.8 Å². The van der Waals surface area contributed by atoms with E-state index in [0.29, 0.717) is 29.4 Å². The van der Waals surface area contributed by atoms with E-state index in [0.717, 1.165) is 10.0 Å². The fourth-order valence-corrected chi connectivity index (χ4v) is 3.19. The highest BCUT2D eigenvalue weighted by molar-refractivity contribution is 9.10. The van der Waals surface area contributed by atoms with E-state index >= 15 is 0 Å². The number of nitro groups is 1. The number of anilines is 1. The number of nitrogens with zero attached hydrogens (tertiary/aromatic N) is 2. The Labute approximate surface area is 204 Å². The molecule has 0 aliphatic heterocycles. The van der Waals surface area contributed by atoms with Crippen molar-refractivity contribution in [2.45, 2.75) is 13.5 Å². The first-order chi connectivity index (χ1) is 16.4. The monoisotopic (exact) mass is 521 g/mol. The molecule has 8 nitrogen and oxygen atoms in total. The number of hydrogen-bond acceptors (Lipinski definition) is 6. The van der Waals surface area contributed by atoms with Gasteiger partial charge in [0.05, 0.1) is 11.5 Å². The van der Waals surface area contributed by atoms with E-state index in [-0.39, 0.29) is 17.9 Å². The quantitative estimate of drug-likeness (QED) is 0.162. The van der Waals surface area contributed by atoms with E-state index in [1.165, 1.54) is 18.2 Å². The number of carbonyl (C=O) groups excluding carboxylic acids is 1. The Morgan fingerprint density at radius 2 is 1.79 bits per heavy atom. The molecule has 0 aliphatic rings. The molecule has 0 fully saturated rings. The summed E-state index contributed by atoms with van der Waals surface area (Å²) in [5.41, 5.74) is 1.86. The Morgan fingerprint density at radius 1 is 1.09 bits per heavy atom. The van der Waals surface area contributed by atoms with Crippen molar-refractivity contribution in [2.24, 2.45) is 0 Å². The third-order valence-corrected chi connectivity index (χ3v) is 5.12. The molecule has 0 aromatic heterocycles. The Hall–Kier alpha value is -4.16. The first-order valence-electron chi connectivity index (χ1n) is 10.2. The maximum atomic E-state index is 12.5. The predicted molar refractivity (Wildman–Crippen MR) is 131 cm³/mol. The minimum atomic E-state index is -0.527. The van der Waals surface area contributed by atoms with Crippen LogP contribution in [0.5, 0.6) is 11.5 Å². The average Bonchev–Trinajstić information content (AvgIpc) is 2.83. The molecule has 0 spiro atoms. The van der Waals surface area contributed by atoms with Crippen LogP contribution in [0.25, 0.3) is 6.08 Å². The summed E-state index contributed by atoms with van der Waals surface area (Å²) in [5, 5.41) is 23.0. The van der Waals surface area contributed by atoms with Crippen molar-refractivity contribution in [3.63, 3.8) is 0 Å². The number of non-ortho nitro benzene ring substituents is 1. The normalized spacial score (nSPS) is 10.8. The van der Waals surface area contributed by atoms with Crippen molar-refractivity contribution in [3.05, 3.63) is 98.0 Å². The SMILES string of the molecule is CCOc1cc(/C=C(/C#N)C(=O)Nc2ccc(Br)cc2)ccc1OCc1ccc([N+](=O)[O-])cc1. The second kappa shape index (κ2) is 11.6. The number of nitro benzene ring substituents is 1. The predicted octanol–water partition coefficient (Wildman–Crippen LogP) is 5.88. The molecule has 1 N–H and O–H groups in total. The Morgan fingerprint density at radius 3 is 2.41 bits per heavy atom. The molecule has 0 saturated carbocycles. The van der Waals surface area contributed by atoms with Gasteiger partial charge in [-0.2, -0.15) is 5.26 Å². The second-order valence-corrected chi connectivity index (χ2v) is 7.90. The minimum absolute atomic E-state index is 0.00682. The van der Waals surface area contributed by atoms with Gasteiger partial charge in [0.1, 0.15) is 18.2 Å². The lowest BCUT2D eigenvalue weighted by molar-refractivity contribution is -0.384. The minimum Gasteiger partial charge on any atom is -0.490 e. The van der Waals surface area contributed by atoms with Crippen molar-refractivity contribution in [1.82, 2.24) is 0 Å². The van der Waals surface area contributed by atoms with Crippen LogP contribution >= 0.6 is 15.9 Å². The third-order valence-electron chi connectivity index (χ3n) is 4.59. The van der Waals surface area contributed by atoms with Crippen LogP contribution < -0.4 is 14.8 Å². The lowest BCUT2D eigenvalue weighted by atomic mass is 10.1. The highest BCUT2D eigenvalue weighted by Gasteiger charge is 2.12. The summed E-state index contributed by atoms with van der Waals surface area (Å²) in [7, 11) is 0. The summed E-state index contributed by atoms with van der Waals surface area (Å²) in [5.74, 6) is 0.389. The standard InChI is InChI=1S/C25H20BrN3O5/c1-2-33-24-14-18(13-19(15-27)25(30)28-21-8-6-20(26)7-9-21)5-12-23(24)34-16-17-3-10-22(11-4-17)29(31)32/h3-14H,2,16H2,1H3,(H,28,30)/b19-13-. The van der Waals surface area contributed by atoms with Crippen molar-refractivity contribution in [1.29, 1.82) is 5.26 Å². The molecule has 9 heteroatoms. The average molecular weight is 522 g/mol. The summed E-state index contributed by atoms with van der Waals surface area (Å²) < 4.78 is 12.4. The molecule has 34 heavy (non-hydrogen) atoms.